The van der Waals surface area contributed by atoms with Crippen LogP contribution >= 0.6 is 11.3 Å². The third-order valence-electron chi connectivity index (χ3n) is 2.79. The lowest BCUT2D eigenvalue weighted by Crippen LogP contribution is -2.16. The minimum atomic E-state index is -0.185. The van der Waals surface area contributed by atoms with Crippen molar-refractivity contribution in [1.82, 2.24) is 29.6 Å². The van der Waals surface area contributed by atoms with Crippen LogP contribution in [-0.4, -0.2) is 36.1 Å². The molecule has 2 N–H and O–H groups in total. The molecule has 3 rings (SSSR count). The van der Waals surface area contributed by atoms with Crippen molar-refractivity contribution in [2.45, 2.75) is 19.4 Å². The molecule has 0 aliphatic rings. The number of rotatable bonds is 5. The Balaban J connectivity index is 1.81. The van der Waals surface area contributed by atoms with E-state index < -0.39 is 0 Å². The molecule has 20 heavy (non-hydrogen) atoms. The van der Waals surface area contributed by atoms with Crippen LogP contribution in [0, 0.1) is 0 Å². The Morgan fingerprint density at radius 1 is 1.35 bits per heavy atom. The van der Waals surface area contributed by atoms with E-state index in [2.05, 4.69) is 20.4 Å². The summed E-state index contributed by atoms with van der Waals surface area (Å²) >= 11 is 1.32. The lowest BCUT2D eigenvalue weighted by atomic mass is 10.2. The molecule has 0 saturated carbocycles. The second kappa shape index (κ2) is 5.47. The lowest BCUT2D eigenvalue weighted by Gasteiger charge is -1.99. The summed E-state index contributed by atoms with van der Waals surface area (Å²) in [5, 5.41) is 12.0. The van der Waals surface area contributed by atoms with Crippen LogP contribution in [0.3, 0.4) is 0 Å². The maximum atomic E-state index is 11.8. The monoisotopic (exact) mass is 291 g/mol. The molecule has 0 bridgehead atoms. The van der Waals surface area contributed by atoms with Crippen LogP contribution in [0.5, 0.6) is 0 Å². The molecule has 3 heterocycles. The average Bonchev–Trinajstić information content (AvgIpc) is 3.05. The molecule has 0 saturated heterocycles. The van der Waals surface area contributed by atoms with Gasteiger partial charge in [0.2, 0.25) is 4.96 Å². The molecule has 0 atom stereocenters. The molecule has 0 fully saturated rings. The van der Waals surface area contributed by atoms with Crippen molar-refractivity contribution in [3.8, 4) is 0 Å². The first-order valence-electron chi connectivity index (χ1n) is 6.18. The number of hydrogen-bond acceptors (Lipinski definition) is 7. The average molecular weight is 291 g/mol. The normalized spacial score (nSPS) is 11.2. The minimum Gasteiger partial charge on any atom is -0.330 e. The first-order valence-corrected chi connectivity index (χ1v) is 7.06. The molecule has 104 valence electrons. The molecule has 0 aromatic carbocycles. The van der Waals surface area contributed by atoms with Crippen LogP contribution in [-0.2, 0) is 13.0 Å². The van der Waals surface area contributed by atoms with Gasteiger partial charge < -0.3 is 5.73 Å². The maximum Gasteiger partial charge on any atom is 0.275 e. The molecular weight excluding hydrogens is 278 g/mol. The quantitative estimate of drug-likeness (QED) is 0.691. The summed E-state index contributed by atoms with van der Waals surface area (Å²) in [6, 6.07) is 1.47. The van der Waals surface area contributed by atoms with E-state index in [1.807, 2.05) is 6.20 Å². The highest BCUT2D eigenvalue weighted by atomic mass is 32.1. The summed E-state index contributed by atoms with van der Waals surface area (Å²) < 4.78 is 2.95. The summed E-state index contributed by atoms with van der Waals surface area (Å²) in [5.41, 5.74) is 8.41. The molecule has 0 unspecified atom stereocenters. The SMILES string of the molecule is NCCCc1cn(Cc2cc(=O)n3ncsc3n2)nn1. The van der Waals surface area contributed by atoms with Gasteiger partial charge in [0.15, 0.2) is 0 Å². The van der Waals surface area contributed by atoms with Crippen LogP contribution in [0.25, 0.3) is 4.96 Å². The minimum absolute atomic E-state index is 0.185. The Labute approximate surface area is 117 Å². The van der Waals surface area contributed by atoms with Crippen LogP contribution in [0.4, 0.5) is 0 Å². The molecule has 0 aliphatic heterocycles. The number of aryl methyl sites for hydroxylation is 1. The summed E-state index contributed by atoms with van der Waals surface area (Å²) in [6.45, 7) is 1.05. The van der Waals surface area contributed by atoms with Crippen molar-refractivity contribution in [2.24, 2.45) is 5.73 Å². The van der Waals surface area contributed by atoms with Gasteiger partial charge in [-0.15, -0.1) is 5.10 Å². The molecule has 0 aliphatic carbocycles. The van der Waals surface area contributed by atoms with Gasteiger partial charge in [-0.25, -0.2) is 9.67 Å². The van der Waals surface area contributed by atoms with Gasteiger partial charge in [0, 0.05) is 12.3 Å². The molecular formula is C11H13N7OS. The van der Waals surface area contributed by atoms with E-state index in [4.69, 9.17) is 5.73 Å². The summed E-state index contributed by atoms with van der Waals surface area (Å²) in [7, 11) is 0. The zero-order chi connectivity index (χ0) is 13.9. The predicted molar refractivity (Wildman–Crippen MR) is 73.6 cm³/mol. The highest BCUT2D eigenvalue weighted by Gasteiger charge is 2.06. The van der Waals surface area contributed by atoms with Crippen LogP contribution < -0.4 is 11.3 Å². The van der Waals surface area contributed by atoms with Gasteiger partial charge in [0.05, 0.1) is 17.9 Å². The molecule has 0 spiro atoms. The first kappa shape index (κ1) is 12.9. The van der Waals surface area contributed by atoms with E-state index in [1.54, 1.807) is 10.2 Å². The smallest absolute Gasteiger partial charge is 0.275 e. The standard InChI is InChI=1S/C11H13N7OS/c12-3-1-2-8-5-17(16-15-8)6-9-4-10(19)18-11(14-9)20-7-13-18/h4-5,7H,1-3,6,12H2. The van der Waals surface area contributed by atoms with Gasteiger partial charge in [-0.05, 0) is 19.4 Å². The first-order chi connectivity index (χ1) is 9.76. The Morgan fingerprint density at radius 2 is 2.25 bits per heavy atom. The van der Waals surface area contributed by atoms with Crippen LogP contribution in [0.1, 0.15) is 17.8 Å². The van der Waals surface area contributed by atoms with Crippen molar-refractivity contribution in [3.63, 3.8) is 0 Å². The zero-order valence-corrected chi connectivity index (χ0v) is 11.5. The second-order valence-corrected chi connectivity index (χ2v) is 5.13. The Kier molecular flexibility index (Phi) is 3.52. The van der Waals surface area contributed by atoms with Crippen LogP contribution in [0.2, 0.25) is 0 Å². The summed E-state index contributed by atoms with van der Waals surface area (Å²) in [6.07, 6.45) is 3.54. The molecule has 9 heteroatoms. The lowest BCUT2D eigenvalue weighted by molar-refractivity contribution is 0.636. The highest BCUT2D eigenvalue weighted by molar-refractivity contribution is 7.14. The van der Waals surface area contributed by atoms with E-state index in [9.17, 15) is 4.79 Å². The van der Waals surface area contributed by atoms with Crippen LogP contribution in [0.15, 0.2) is 22.6 Å². The van der Waals surface area contributed by atoms with Crippen molar-refractivity contribution < 1.29 is 0 Å². The van der Waals surface area contributed by atoms with E-state index in [-0.39, 0.29) is 5.56 Å². The number of nitrogens with zero attached hydrogens (tertiary/aromatic N) is 6. The van der Waals surface area contributed by atoms with Crippen molar-refractivity contribution in [1.29, 1.82) is 0 Å². The van der Waals surface area contributed by atoms with E-state index in [0.29, 0.717) is 23.7 Å². The van der Waals surface area contributed by atoms with E-state index >= 15 is 0 Å². The fourth-order valence-corrected chi connectivity index (χ4v) is 2.50. The Hall–Kier alpha value is -2.13. The van der Waals surface area contributed by atoms with E-state index in [0.717, 1.165) is 18.5 Å². The van der Waals surface area contributed by atoms with Gasteiger partial charge in [-0.3, -0.25) is 4.79 Å². The molecule has 3 aromatic rings. The van der Waals surface area contributed by atoms with Gasteiger partial charge in [-0.2, -0.15) is 9.61 Å². The largest absolute Gasteiger partial charge is 0.330 e. The van der Waals surface area contributed by atoms with Gasteiger partial charge in [-0.1, -0.05) is 16.6 Å². The summed E-state index contributed by atoms with van der Waals surface area (Å²) in [4.78, 5) is 16.8. The molecule has 0 radical (unpaired) electrons. The number of hydrogen-bond donors (Lipinski definition) is 1. The van der Waals surface area contributed by atoms with E-state index in [1.165, 1.54) is 21.9 Å². The number of aromatic nitrogens is 6. The maximum absolute atomic E-state index is 11.8. The molecule has 0 amide bonds. The Morgan fingerprint density at radius 3 is 3.10 bits per heavy atom. The van der Waals surface area contributed by atoms with Crippen molar-refractivity contribution >= 4 is 16.3 Å². The third kappa shape index (κ3) is 2.58. The zero-order valence-electron chi connectivity index (χ0n) is 10.6. The van der Waals surface area contributed by atoms with Gasteiger partial charge in [0.25, 0.3) is 5.56 Å². The fraction of sp³-hybridized carbons (Fsp3) is 0.364. The second-order valence-electron chi connectivity index (χ2n) is 4.32. The highest BCUT2D eigenvalue weighted by Crippen LogP contribution is 2.05. The predicted octanol–water partition coefficient (Wildman–Crippen LogP) is -0.318. The number of nitrogens with two attached hydrogens (primary N) is 1. The Bertz CT molecular complexity index is 774. The summed E-state index contributed by atoms with van der Waals surface area (Å²) in [5.74, 6) is 0. The molecule has 3 aromatic heterocycles. The fourth-order valence-electron chi connectivity index (χ4n) is 1.86. The van der Waals surface area contributed by atoms with Gasteiger partial charge >= 0.3 is 0 Å². The third-order valence-corrected chi connectivity index (χ3v) is 3.46. The van der Waals surface area contributed by atoms with Gasteiger partial charge in [0.1, 0.15) is 5.51 Å². The number of fused-ring (bicyclic) bond motifs is 1. The molecule has 8 nitrogen and oxygen atoms in total. The van der Waals surface area contributed by atoms with Crippen molar-refractivity contribution in [2.75, 3.05) is 6.54 Å². The van der Waals surface area contributed by atoms with Crippen molar-refractivity contribution in [3.05, 3.63) is 39.5 Å². The topological polar surface area (TPSA) is 104 Å².